The Morgan fingerprint density at radius 3 is 2.35 bits per heavy atom. The van der Waals surface area contributed by atoms with E-state index in [4.69, 9.17) is 9.15 Å². The SMILES string of the molecule is COC(=O)c1ccc(C(C)(C)C)c(CC(C)(C)c2ccoc2)c1. The Kier molecular flexibility index (Phi) is 4.69. The summed E-state index contributed by atoms with van der Waals surface area (Å²) in [6.45, 7) is 10.9. The first-order chi connectivity index (χ1) is 10.6. The molecule has 0 aliphatic carbocycles. The third-order valence-corrected chi connectivity index (χ3v) is 4.27. The molecule has 3 heteroatoms. The number of methoxy groups -OCH3 is 1. The van der Waals surface area contributed by atoms with Crippen molar-refractivity contribution in [3.63, 3.8) is 0 Å². The third kappa shape index (κ3) is 3.84. The minimum atomic E-state index is -0.298. The minimum Gasteiger partial charge on any atom is -0.472 e. The molecule has 0 atom stereocenters. The normalized spacial score (nSPS) is 12.3. The number of esters is 1. The van der Waals surface area contributed by atoms with Gasteiger partial charge in [-0.05, 0) is 52.1 Å². The fraction of sp³-hybridized carbons (Fsp3) is 0.450. The molecule has 0 bridgehead atoms. The smallest absolute Gasteiger partial charge is 0.337 e. The zero-order valence-electron chi connectivity index (χ0n) is 14.9. The molecule has 23 heavy (non-hydrogen) atoms. The first-order valence-corrected chi connectivity index (χ1v) is 7.89. The quantitative estimate of drug-likeness (QED) is 0.755. The highest BCUT2D eigenvalue weighted by atomic mass is 16.5. The number of carbonyl (C=O) groups is 1. The summed E-state index contributed by atoms with van der Waals surface area (Å²) < 4.78 is 10.1. The number of furan rings is 1. The topological polar surface area (TPSA) is 39.4 Å². The highest BCUT2D eigenvalue weighted by Gasteiger charge is 2.27. The van der Waals surface area contributed by atoms with Crippen molar-refractivity contribution in [1.29, 1.82) is 0 Å². The summed E-state index contributed by atoms with van der Waals surface area (Å²) >= 11 is 0. The number of hydrogen-bond donors (Lipinski definition) is 0. The fourth-order valence-corrected chi connectivity index (χ4v) is 2.94. The van der Waals surface area contributed by atoms with Gasteiger partial charge in [0.2, 0.25) is 0 Å². The maximum atomic E-state index is 11.9. The Labute approximate surface area is 138 Å². The van der Waals surface area contributed by atoms with Gasteiger partial charge in [0.25, 0.3) is 0 Å². The van der Waals surface area contributed by atoms with Crippen molar-refractivity contribution in [2.45, 2.75) is 51.9 Å². The second kappa shape index (κ2) is 6.23. The Morgan fingerprint density at radius 2 is 1.83 bits per heavy atom. The number of carbonyl (C=O) groups excluding carboxylic acids is 1. The minimum absolute atomic E-state index is 0.0104. The zero-order valence-corrected chi connectivity index (χ0v) is 14.9. The van der Waals surface area contributed by atoms with E-state index in [9.17, 15) is 4.79 Å². The van der Waals surface area contributed by atoms with Crippen LogP contribution in [0, 0.1) is 0 Å². The maximum absolute atomic E-state index is 11.9. The van der Waals surface area contributed by atoms with E-state index in [2.05, 4.69) is 34.6 Å². The summed E-state index contributed by atoms with van der Waals surface area (Å²) in [5.41, 5.74) is 4.10. The summed E-state index contributed by atoms with van der Waals surface area (Å²) in [5.74, 6) is -0.298. The summed E-state index contributed by atoms with van der Waals surface area (Å²) in [4.78, 5) is 11.9. The second-order valence-corrected chi connectivity index (χ2v) is 7.69. The third-order valence-electron chi connectivity index (χ3n) is 4.27. The first-order valence-electron chi connectivity index (χ1n) is 7.89. The van der Waals surface area contributed by atoms with Crippen molar-refractivity contribution in [1.82, 2.24) is 0 Å². The van der Waals surface area contributed by atoms with E-state index in [1.54, 1.807) is 12.5 Å². The molecule has 1 aromatic heterocycles. The lowest BCUT2D eigenvalue weighted by Crippen LogP contribution is -2.24. The van der Waals surface area contributed by atoms with Crippen molar-refractivity contribution in [2.24, 2.45) is 0 Å². The van der Waals surface area contributed by atoms with Crippen LogP contribution in [-0.2, 0) is 22.0 Å². The van der Waals surface area contributed by atoms with Gasteiger partial charge in [-0.3, -0.25) is 0 Å². The Hall–Kier alpha value is -2.03. The van der Waals surface area contributed by atoms with Gasteiger partial charge in [-0.2, -0.15) is 0 Å². The first kappa shape index (κ1) is 17.3. The molecule has 0 saturated heterocycles. The van der Waals surface area contributed by atoms with Gasteiger partial charge in [-0.25, -0.2) is 4.79 Å². The molecule has 1 aromatic carbocycles. The number of benzene rings is 1. The highest BCUT2D eigenvalue weighted by molar-refractivity contribution is 5.89. The molecule has 0 saturated carbocycles. The van der Waals surface area contributed by atoms with Gasteiger partial charge in [0.05, 0.1) is 25.2 Å². The van der Waals surface area contributed by atoms with E-state index in [1.807, 2.05) is 24.3 Å². The average Bonchev–Trinajstić information content (AvgIpc) is 2.99. The van der Waals surface area contributed by atoms with Crippen LogP contribution in [0.4, 0.5) is 0 Å². The van der Waals surface area contributed by atoms with E-state index in [1.165, 1.54) is 18.2 Å². The van der Waals surface area contributed by atoms with Gasteiger partial charge < -0.3 is 9.15 Å². The van der Waals surface area contributed by atoms with Crippen LogP contribution in [0.25, 0.3) is 0 Å². The van der Waals surface area contributed by atoms with E-state index < -0.39 is 0 Å². The van der Waals surface area contributed by atoms with Gasteiger partial charge in [-0.15, -0.1) is 0 Å². The molecule has 3 nitrogen and oxygen atoms in total. The van der Waals surface area contributed by atoms with Crippen LogP contribution in [0.3, 0.4) is 0 Å². The lowest BCUT2D eigenvalue weighted by atomic mass is 9.75. The lowest BCUT2D eigenvalue weighted by molar-refractivity contribution is 0.0600. The van der Waals surface area contributed by atoms with E-state index in [0.29, 0.717) is 5.56 Å². The van der Waals surface area contributed by atoms with E-state index >= 15 is 0 Å². The molecule has 0 amide bonds. The summed E-state index contributed by atoms with van der Waals surface area (Å²) in [7, 11) is 1.41. The number of rotatable bonds is 4. The largest absolute Gasteiger partial charge is 0.472 e. The molecular formula is C20H26O3. The van der Waals surface area contributed by atoms with Crippen LogP contribution in [-0.4, -0.2) is 13.1 Å². The molecule has 0 unspecified atom stereocenters. The molecular weight excluding hydrogens is 288 g/mol. The van der Waals surface area contributed by atoms with Crippen molar-refractivity contribution in [2.75, 3.05) is 7.11 Å². The van der Waals surface area contributed by atoms with Crippen molar-refractivity contribution in [3.05, 3.63) is 59.0 Å². The van der Waals surface area contributed by atoms with Gasteiger partial charge in [0.1, 0.15) is 0 Å². The molecule has 2 aromatic rings. The van der Waals surface area contributed by atoms with Crippen LogP contribution >= 0.6 is 0 Å². The Bertz CT molecular complexity index is 673. The molecule has 0 radical (unpaired) electrons. The summed E-state index contributed by atoms with van der Waals surface area (Å²) in [6.07, 6.45) is 4.32. The Balaban J connectivity index is 2.47. The molecule has 0 N–H and O–H groups in total. The van der Waals surface area contributed by atoms with Crippen molar-refractivity contribution < 1.29 is 13.9 Å². The second-order valence-electron chi connectivity index (χ2n) is 7.69. The monoisotopic (exact) mass is 314 g/mol. The highest BCUT2D eigenvalue weighted by Crippen LogP contribution is 2.34. The fourth-order valence-electron chi connectivity index (χ4n) is 2.94. The summed E-state index contributed by atoms with van der Waals surface area (Å²) in [6, 6.07) is 7.86. The molecule has 0 fully saturated rings. The van der Waals surface area contributed by atoms with Gasteiger partial charge in [0.15, 0.2) is 0 Å². The summed E-state index contributed by atoms with van der Waals surface area (Å²) in [5, 5.41) is 0. The van der Waals surface area contributed by atoms with Crippen molar-refractivity contribution in [3.8, 4) is 0 Å². The predicted octanol–water partition coefficient (Wildman–Crippen LogP) is 4.88. The molecule has 2 rings (SSSR count). The van der Waals surface area contributed by atoms with E-state index in [0.717, 1.165) is 12.0 Å². The van der Waals surface area contributed by atoms with Gasteiger partial charge >= 0.3 is 5.97 Å². The molecule has 1 heterocycles. The van der Waals surface area contributed by atoms with Crippen LogP contribution in [0.2, 0.25) is 0 Å². The van der Waals surface area contributed by atoms with Gasteiger partial charge in [0, 0.05) is 0 Å². The van der Waals surface area contributed by atoms with Crippen LogP contribution < -0.4 is 0 Å². The molecule has 0 spiro atoms. The predicted molar refractivity (Wildman–Crippen MR) is 91.9 cm³/mol. The maximum Gasteiger partial charge on any atom is 0.337 e. The zero-order chi connectivity index (χ0) is 17.3. The van der Waals surface area contributed by atoms with Crippen LogP contribution in [0.5, 0.6) is 0 Å². The number of ether oxygens (including phenoxy) is 1. The standard InChI is InChI=1S/C20H26O3/c1-19(2,3)17-8-7-14(18(21)22-6)11-15(17)12-20(4,5)16-9-10-23-13-16/h7-11,13H,12H2,1-6H3. The Morgan fingerprint density at radius 1 is 1.13 bits per heavy atom. The molecule has 0 aliphatic heterocycles. The van der Waals surface area contributed by atoms with Crippen molar-refractivity contribution >= 4 is 5.97 Å². The van der Waals surface area contributed by atoms with E-state index in [-0.39, 0.29) is 16.8 Å². The van der Waals surface area contributed by atoms with Gasteiger partial charge in [-0.1, -0.05) is 40.7 Å². The molecule has 0 aliphatic rings. The van der Waals surface area contributed by atoms with Crippen LogP contribution in [0.15, 0.2) is 41.2 Å². The average molecular weight is 314 g/mol. The lowest BCUT2D eigenvalue weighted by Gasteiger charge is -2.29. The number of hydrogen-bond acceptors (Lipinski definition) is 3. The van der Waals surface area contributed by atoms with Crippen LogP contribution in [0.1, 0.15) is 61.7 Å². The molecule has 124 valence electrons.